The zero-order chi connectivity index (χ0) is 12.3. The number of ether oxygens (including phenoxy) is 1. The van der Waals surface area contributed by atoms with Crippen molar-refractivity contribution in [3.63, 3.8) is 0 Å². The quantitative estimate of drug-likeness (QED) is 0.758. The molecule has 16 heavy (non-hydrogen) atoms. The Morgan fingerprint density at radius 1 is 1.69 bits per heavy atom. The first-order valence-electron chi connectivity index (χ1n) is 4.30. The standard InChI is InChI=1S/C9H10F2N2O3/c1-16-9(15)6-4(2-12)5(14)3-13-7(6)8(10)11/h3,8,14H,2,12H2,1H3. The molecule has 0 aromatic carbocycles. The maximum atomic E-state index is 12.6. The Kier molecular flexibility index (Phi) is 3.73. The monoisotopic (exact) mass is 232 g/mol. The van der Waals surface area contributed by atoms with Gasteiger partial charge in [-0.25, -0.2) is 13.6 Å². The zero-order valence-corrected chi connectivity index (χ0v) is 8.41. The number of rotatable bonds is 3. The van der Waals surface area contributed by atoms with Gasteiger partial charge in [0.2, 0.25) is 0 Å². The van der Waals surface area contributed by atoms with Crippen LogP contribution in [-0.2, 0) is 11.3 Å². The van der Waals surface area contributed by atoms with Crippen LogP contribution >= 0.6 is 0 Å². The molecule has 3 N–H and O–H groups in total. The molecule has 0 atom stereocenters. The first kappa shape index (κ1) is 12.3. The van der Waals surface area contributed by atoms with Crippen LogP contribution in [0.3, 0.4) is 0 Å². The Hall–Kier alpha value is -1.76. The summed E-state index contributed by atoms with van der Waals surface area (Å²) in [5.41, 5.74) is 3.96. The van der Waals surface area contributed by atoms with Crippen LogP contribution in [0.5, 0.6) is 5.75 Å². The Labute approximate surface area is 89.9 Å². The van der Waals surface area contributed by atoms with E-state index in [0.717, 1.165) is 13.3 Å². The van der Waals surface area contributed by atoms with Gasteiger partial charge < -0.3 is 15.6 Å². The Morgan fingerprint density at radius 2 is 2.31 bits per heavy atom. The van der Waals surface area contributed by atoms with Gasteiger partial charge in [0.25, 0.3) is 6.43 Å². The van der Waals surface area contributed by atoms with Crippen LogP contribution in [0.25, 0.3) is 0 Å². The molecule has 1 rings (SSSR count). The number of nitrogens with two attached hydrogens (primary N) is 1. The van der Waals surface area contributed by atoms with Gasteiger partial charge in [-0.3, -0.25) is 4.98 Å². The number of aromatic nitrogens is 1. The molecule has 0 fully saturated rings. The van der Waals surface area contributed by atoms with Crippen molar-refractivity contribution < 1.29 is 23.4 Å². The molecule has 0 bridgehead atoms. The van der Waals surface area contributed by atoms with Crippen molar-refractivity contribution in [1.29, 1.82) is 0 Å². The number of hydrogen-bond acceptors (Lipinski definition) is 5. The molecule has 0 aliphatic carbocycles. The largest absolute Gasteiger partial charge is 0.506 e. The van der Waals surface area contributed by atoms with Gasteiger partial charge in [0.1, 0.15) is 11.4 Å². The van der Waals surface area contributed by atoms with E-state index in [0.29, 0.717) is 0 Å². The number of pyridine rings is 1. The minimum atomic E-state index is -2.94. The molecule has 7 heteroatoms. The summed E-state index contributed by atoms with van der Waals surface area (Å²) in [5.74, 6) is -1.41. The fourth-order valence-electron chi connectivity index (χ4n) is 1.26. The van der Waals surface area contributed by atoms with E-state index >= 15 is 0 Å². The molecule has 0 unspecified atom stereocenters. The summed E-state index contributed by atoms with van der Waals surface area (Å²) in [7, 11) is 1.04. The van der Waals surface area contributed by atoms with E-state index < -0.39 is 29.4 Å². The summed E-state index contributed by atoms with van der Waals surface area (Å²) in [6.07, 6.45) is -2.11. The van der Waals surface area contributed by atoms with Crippen molar-refractivity contribution in [2.45, 2.75) is 13.0 Å². The zero-order valence-electron chi connectivity index (χ0n) is 8.41. The Balaban J connectivity index is 3.47. The number of carbonyl (C=O) groups excluding carboxylic acids is 1. The maximum absolute atomic E-state index is 12.6. The van der Waals surface area contributed by atoms with E-state index in [9.17, 15) is 18.7 Å². The van der Waals surface area contributed by atoms with Crippen molar-refractivity contribution in [1.82, 2.24) is 4.98 Å². The average molecular weight is 232 g/mol. The van der Waals surface area contributed by atoms with Crippen molar-refractivity contribution in [3.8, 4) is 5.75 Å². The van der Waals surface area contributed by atoms with Crippen LogP contribution < -0.4 is 5.73 Å². The lowest BCUT2D eigenvalue weighted by Crippen LogP contribution is -2.14. The molecule has 0 saturated carbocycles. The van der Waals surface area contributed by atoms with Crippen molar-refractivity contribution >= 4 is 5.97 Å². The van der Waals surface area contributed by atoms with E-state index in [4.69, 9.17) is 5.73 Å². The normalized spacial score (nSPS) is 10.6. The lowest BCUT2D eigenvalue weighted by molar-refractivity contribution is 0.0585. The van der Waals surface area contributed by atoms with Crippen LogP contribution in [-0.4, -0.2) is 23.2 Å². The van der Waals surface area contributed by atoms with Gasteiger partial charge in [0, 0.05) is 12.1 Å². The first-order valence-corrected chi connectivity index (χ1v) is 4.30. The number of nitrogens with zero attached hydrogens (tertiary/aromatic N) is 1. The molecule has 1 aromatic rings. The lowest BCUT2D eigenvalue weighted by atomic mass is 10.1. The van der Waals surface area contributed by atoms with Gasteiger partial charge in [-0.2, -0.15) is 0 Å². The van der Waals surface area contributed by atoms with Crippen molar-refractivity contribution in [2.75, 3.05) is 7.11 Å². The SMILES string of the molecule is COC(=O)c1c(C(F)F)ncc(O)c1CN. The molecule has 1 aromatic heterocycles. The summed E-state index contributed by atoms with van der Waals surface area (Å²) in [4.78, 5) is 14.6. The second kappa shape index (κ2) is 4.84. The third-order valence-electron chi connectivity index (χ3n) is 1.99. The number of alkyl halides is 2. The summed E-state index contributed by atoms with van der Waals surface area (Å²) in [6.45, 7) is -0.265. The second-order valence-corrected chi connectivity index (χ2v) is 2.88. The van der Waals surface area contributed by atoms with E-state index in [-0.39, 0.29) is 12.1 Å². The van der Waals surface area contributed by atoms with Crippen LogP contribution in [0.15, 0.2) is 6.20 Å². The van der Waals surface area contributed by atoms with Crippen LogP contribution in [0.1, 0.15) is 28.0 Å². The van der Waals surface area contributed by atoms with E-state index in [1.165, 1.54) is 0 Å². The smallest absolute Gasteiger partial charge is 0.340 e. The van der Waals surface area contributed by atoms with Gasteiger partial charge in [0.15, 0.2) is 0 Å². The molecule has 0 aliphatic heterocycles. The number of carbonyl (C=O) groups is 1. The predicted octanol–water partition coefficient (Wildman–Crippen LogP) is 0.970. The molecule has 88 valence electrons. The Bertz CT molecular complexity index is 410. The van der Waals surface area contributed by atoms with Gasteiger partial charge in [0.05, 0.1) is 18.9 Å². The molecular weight excluding hydrogens is 222 g/mol. The molecule has 5 nitrogen and oxygen atoms in total. The van der Waals surface area contributed by atoms with Crippen LogP contribution in [0, 0.1) is 0 Å². The van der Waals surface area contributed by atoms with Gasteiger partial charge >= 0.3 is 5.97 Å². The van der Waals surface area contributed by atoms with E-state index in [1.54, 1.807) is 0 Å². The number of aromatic hydroxyl groups is 1. The van der Waals surface area contributed by atoms with Gasteiger partial charge in [-0.15, -0.1) is 0 Å². The predicted molar refractivity (Wildman–Crippen MR) is 50.1 cm³/mol. The topological polar surface area (TPSA) is 85.4 Å². The van der Waals surface area contributed by atoms with Gasteiger partial charge in [-0.05, 0) is 0 Å². The number of hydrogen-bond donors (Lipinski definition) is 2. The molecule has 1 heterocycles. The fraction of sp³-hybridized carbons (Fsp3) is 0.333. The minimum Gasteiger partial charge on any atom is -0.506 e. The molecule has 0 spiro atoms. The second-order valence-electron chi connectivity index (χ2n) is 2.88. The highest BCUT2D eigenvalue weighted by molar-refractivity contribution is 5.93. The maximum Gasteiger partial charge on any atom is 0.340 e. The highest BCUT2D eigenvalue weighted by Gasteiger charge is 2.25. The first-order chi connectivity index (χ1) is 7.52. The number of methoxy groups -OCH3 is 1. The summed E-state index contributed by atoms with van der Waals surface area (Å²) >= 11 is 0. The lowest BCUT2D eigenvalue weighted by Gasteiger charge is -2.11. The summed E-state index contributed by atoms with van der Waals surface area (Å²) in [6, 6.07) is 0. The fourth-order valence-corrected chi connectivity index (χ4v) is 1.26. The minimum absolute atomic E-state index is 0.0999. The van der Waals surface area contributed by atoms with E-state index in [2.05, 4.69) is 9.72 Å². The molecule has 0 saturated heterocycles. The van der Waals surface area contributed by atoms with Crippen LogP contribution in [0.2, 0.25) is 0 Å². The number of halogens is 2. The summed E-state index contributed by atoms with van der Waals surface area (Å²) < 4.78 is 29.5. The average Bonchev–Trinajstić information content (AvgIpc) is 2.27. The van der Waals surface area contributed by atoms with Crippen molar-refractivity contribution in [3.05, 3.63) is 23.0 Å². The third kappa shape index (κ3) is 2.08. The highest BCUT2D eigenvalue weighted by atomic mass is 19.3. The third-order valence-corrected chi connectivity index (χ3v) is 1.99. The number of esters is 1. The van der Waals surface area contributed by atoms with Gasteiger partial charge in [-0.1, -0.05) is 0 Å². The van der Waals surface area contributed by atoms with Crippen LogP contribution in [0.4, 0.5) is 8.78 Å². The highest BCUT2D eigenvalue weighted by Crippen LogP contribution is 2.28. The summed E-state index contributed by atoms with van der Waals surface area (Å²) in [5, 5.41) is 9.35. The van der Waals surface area contributed by atoms with Crippen molar-refractivity contribution in [2.24, 2.45) is 5.73 Å². The molecule has 0 amide bonds. The van der Waals surface area contributed by atoms with E-state index in [1.807, 2.05) is 0 Å². The Morgan fingerprint density at radius 3 is 2.75 bits per heavy atom. The molecular formula is C9H10F2N2O3. The molecule has 0 aliphatic rings. The molecule has 0 radical (unpaired) electrons.